The zero-order chi connectivity index (χ0) is 13.7. The topological polar surface area (TPSA) is 28.2 Å². The second-order valence-electron chi connectivity index (χ2n) is 4.37. The van der Waals surface area contributed by atoms with Crippen molar-refractivity contribution in [2.75, 3.05) is 23.8 Å². The Hall–Kier alpha value is -2.10. The van der Waals surface area contributed by atoms with E-state index < -0.39 is 0 Å². The van der Waals surface area contributed by atoms with Crippen LogP contribution in [0.15, 0.2) is 42.7 Å². The maximum Gasteiger partial charge on any atom is 0.146 e. The number of pyridine rings is 1. The van der Waals surface area contributed by atoms with Gasteiger partial charge in [-0.3, -0.25) is 4.98 Å². The molecule has 0 spiro atoms. The molecule has 1 aromatic carbocycles. The van der Waals surface area contributed by atoms with E-state index in [9.17, 15) is 4.39 Å². The maximum absolute atomic E-state index is 13.8. The van der Waals surface area contributed by atoms with Crippen LogP contribution in [0.1, 0.15) is 13.3 Å². The largest absolute Gasteiger partial charge is 0.384 e. The van der Waals surface area contributed by atoms with E-state index in [1.165, 1.54) is 6.07 Å². The van der Waals surface area contributed by atoms with Crippen molar-refractivity contribution in [2.24, 2.45) is 0 Å². The van der Waals surface area contributed by atoms with E-state index in [0.29, 0.717) is 5.69 Å². The van der Waals surface area contributed by atoms with Crippen LogP contribution in [0.2, 0.25) is 0 Å². The molecule has 0 fully saturated rings. The first-order chi connectivity index (χ1) is 9.22. The van der Waals surface area contributed by atoms with E-state index in [4.69, 9.17) is 0 Å². The summed E-state index contributed by atoms with van der Waals surface area (Å²) in [5.41, 5.74) is 2.34. The highest BCUT2D eigenvalue weighted by atomic mass is 19.1. The third-order valence-electron chi connectivity index (χ3n) is 2.90. The lowest BCUT2D eigenvalue weighted by molar-refractivity contribution is 0.627. The van der Waals surface area contributed by atoms with Crippen molar-refractivity contribution in [1.82, 2.24) is 4.98 Å². The van der Waals surface area contributed by atoms with Crippen LogP contribution in [0, 0.1) is 5.82 Å². The Kier molecular flexibility index (Phi) is 4.34. The first-order valence-corrected chi connectivity index (χ1v) is 6.39. The molecule has 0 amide bonds. The predicted molar refractivity (Wildman–Crippen MR) is 77.5 cm³/mol. The van der Waals surface area contributed by atoms with Crippen LogP contribution < -0.4 is 10.2 Å². The van der Waals surface area contributed by atoms with Crippen LogP contribution in [0.3, 0.4) is 0 Å². The average Bonchev–Trinajstić information content (AvgIpc) is 2.45. The number of anilines is 3. The summed E-state index contributed by atoms with van der Waals surface area (Å²) >= 11 is 0. The van der Waals surface area contributed by atoms with E-state index in [-0.39, 0.29) is 5.82 Å². The van der Waals surface area contributed by atoms with Crippen molar-refractivity contribution in [3.63, 3.8) is 0 Å². The third-order valence-corrected chi connectivity index (χ3v) is 2.90. The second-order valence-corrected chi connectivity index (χ2v) is 4.37. The molecule has 0 saturated carbocycles. The molecule has 2 aromatic rings. The molecule has 1 N–H and O–H groups in total. The molecular weight excluding hydrogens is 241 g/mol. The molecule has 1 heterocycles. The molecule has 2 rings (SSSR count). The van der Waals surface area contributed by atoms with Gasteiger partial charge in [-0.05, 0) is 24.6 Å². The number of hydrogen-bond acceptors (Lipinski definition) is 3. The minimum absolute atomic E-state index is 0.239. The molecule has 100 valence electrons. The Morgan fingerprint density at radius 2 is 2.05 bits per heavy atom. The SMILES string of the molecule is CCCNc1cncc(N(C)c2ccccc2F)c1. The Bertz CT molecular complexity index is 542. The fourth-order valence-corrected chi connectivity index (χ4v) is 1.84. The number of halogens is 1. The lowest BCUT2D eigenvalue weighted by atomic mass is 10.2. The number of aromatic nitrogens is 1. The minimum atomic E-state index is -0.239. The van der Waals surface area contributed by atoms with Gasteiger partial charge in [0, 0.05) is 13.6 Å². The lowest BCUT2D eigenvalue weighted by Crippen LogP contribution is -2.12. The van der Waals surface area contributed by atoms with Crippen molar-refractivity contribution in [3.8, 4) is 0 Å². The van der Waals surface area contributed by atoms with E-state index in [0.717, 1.165) is 24.3 Å². The summed E-state index contributed by atoms with van der Waals surface area (Å²) in [5.74, 6) is -0.239. The summed E-state index contributed by atoms with van der Waals surface area (Å²) < 4.78 is 13.8. The molecule has 3 nitrogen and oxygen atoms in total. The van der Waals surface area contributed by atoms with Gasteiger partial charge in [0.25, 0.3) is 0 Å². The van der Waals surface area contributed by atoms with E-state index >= 15 is 0 Å². The van der Waals surface area contributed by atoms with Gasteiger partial charge in [-0.25, -0.2) is 4.39 Å². The summed E-state index contributed by atoms with van der Waals surface area (Å²) in [6.45, 7) is 3.00. The average molecular weight is 259 g/mol. The Morgan fingerprint density at radius 3 is 2.79 bits per heavy atom. The molecule has 0 radical (unpaired) electrons. The number of benzene rings is 1. The maximum atomic E-state index is 13.8. The lowest BCUT2D eigenvalue weighted by Gasteiger charge is -2.20. The Labute approximate surface area is 113 Å². The molecule has 0 aliphatic carbocycles. The number of nitrogens with zero attached hydrogens (tertiary/aromatic N) is 2. The first-order valence-electron chi connectivity index (χ1n) is 6.39. The second kappa shape index (κ2) is 6.18. The molecule has 1 aromatic heterocycles. The molecule has 0 aliphatic heterocycles. The summed E-state index contributed by atoms with van der Waals surface area (Å²) in [6, 6.07) is 8.68. The van der Waals surface area contributed by atoms with E-state index in [1.54, 1.807) is 29.4 Å². The number of rotatable bonds is 5. The quantitative estimate of drug-likeness (QED) is 0.885. The Morgan fingerprint density at radius 1 is 1.26 bits per heavy atom. The van der Waals surface area contributed by atoms with Crippen LogP contribution in [0.4, 0.5) is 21.5 Å². The van der Waals surface area contributed by atoms with Crippen LogP contribution in [-0.2, 0) is 0 Å². The standard InChI is InChI=1S/C15H18FN3/c1-3-8-18-12-9-13(11-17-10-12)19(2)15-7-5-4-6-14(15)16/h4-7,9-11,18H,3,8H2,1-2H3. The molecule has 4 heteroatoms. The highest BCUT2D eigenvalue weighted by Gasteiger charge is 2.09. The van der Waals surface area contributed by atoms with Gasteiger partial charge >= 0.3 is 0 Å². The number of nitrogens with one attached hydrogen (secondary N) is 1. The van der Waals surface area contributed by atoms with Crippen molar-refractivity contribution in [1.29, 1.82) is 0 Å². The van der Waals surface area contributed by atoms with Gasteiger partial charge < -0.3 is 10.2 Å². The highest BCUT2D eigenvalue weighted by molar-refractivity contribution is 5.65. The summed E-state index contributed by atoms with van der Waals surface area (Å²) in [6.07, 6.45) is 4.55. The van der Waals surface area contributed by atoms with E-state index in [1.807, 2.05) is 19.2 Å². The monoisotopic (exact) mass is 259 g/mol. The van der Waals surface area contributed by atoms with Crippen molar-refractivity contribution in [2.45, 2.75) is 13.3 Å². The van der Waals surface area contributed by atoms with Gasteiger partial charge in [0.2, 0.25) is 0 Å². The number of hydrogen-bond donors (Lipinski definition) is 1. The number of para-hydroxylation sites is 1. The van der Waals surface area contributed by atoms with E-state index in [2.05, 4.69) is 17.2 Å². The van der Waals surface area contributed by atoms with Crippen LogP contribution in [0.5, 0.6) is 0 Å². The predicted octanol–water partition coefficient (Wildman–Crippen LogP) is 3.81. The van der Waals surface area contributed by atoms with Gasteiger partial charge in [-0.2, -0.15) is 0 Å². The normalized spacial score (nSPS) is 10.3. The molecule has 0 bridgehead atoms. The molecular formula is C15H18FN3. The third kappa shape index (κ3) is 3.22. The molecule has 0 unspecified atom stereocenters. The summed E-state index contributed by atoms with van der Waals surface area (Å²) in [7, 11) is 1.83. The molecule has 0 aliphatic rings. The zero-order valence-corrected chi connectivity index (χ0v) is 11.2. The van der Waals surface area contributed by atoms with Gasteiger partial charge in [0.1, 0.15) is 5.82 Å². The van der Waals surface area contributed by atoms with Crippen LogP contribution in [0.25, 0.3) is 0 Å². The van der Waals surface area contributed by atoms with Gasteiger partial charge in [-0.15, -0.1) is 0 Å². The summed E-state index contributed by atoms with van der Waals surface area (Å²) in [4.78, 5) is 5.98. The van der Waals surface area contributed by atoms with Gasteiger partial charge in [0.05, 0.1) is 29.5 Å². The van der Waals surface area contributed by atoms with Crippen molar-refractivity contribution >= 4 is 17.1 Å². The molecule has 19 heavy (non-hydrogen) atoms. The fraction of sp³-hybridized carbons (Fsp3) is 0.267. The molecule has 0 saturated heterocycles. The summed E-state index contributed by atoms with van der Waals surface area (Å²) in [5, 5.41) is 3.27. The molecule has 0 atom stereocenters. The fourth-order valence-electron chi connectivity index (χ4n) is 1.84. The van der Waals surface area contributed by atoms with Gasteiger partial charge in [0.15, 0.2) is 0 Å². The smallest absolute Gasteiger partial charge is 0.146 e. The van der Waals surface area contributed by atoms with Crippen molar-refractivity contribution in [3.05, 3.63) is 48.5 Å². The van der Waals surface area contributed by atoms with Crippen LogP contribution >= 0.6 is 0 Å². The Balaban J connectivity index is 2.24. The minimum Gasteiger partial charge on any atom is -0.384 e. The first kappa shape index (κ1) is 13.3. The highest BCUT2D eigenvalue weighted by Crippen LogP contribution is 2.26. The van der Waals surface area contributed by atoms with Gasteiger partial charge in [-0.1, -0.05) is 19.1 Å². The van der Waals surface area contributed by atoms with Crippen LogP contribution in [-0.4, -0.2) is 18.6 Å². The van der Waals surface area contributed by atoms with Crippen molar-refractivity contribution < 1.29 is 4.39 Å². The zero-order valence-electron chi connectivity index (χ0n) is 11.2.